The number of fused-ring (bicyclic) bond motifs is 1. The van der Waals surface area contributed by atoms with Crippen LogP contribution in [0.5, 0.6) is 5.75 Å². The standard InChI is InChI=1S/C19H25N5OS/c1-14(2)25-18-10-9-15-7-4-5-8-16(15)17(18)13-20-11-6-12-26-19-21-22-23-24(19)3/h4-5,7-10,14,20H,6,11-13H2,1-3H3. The van der Waals surface area contributed by atoms with Gasteiger partial charge < -0.3 is 10.1 Å². The van der Waals surface area contributed by atoms with Crippen LogP contribution >= 0.6 is 11.8 Å². The molecule has 0 atom stereocenters. The zero-order valence-corrected chi connectivity index (χ0v) is 16.3. The number of nitrogens with zero attached hydrogens (tertiary/aromatic N) is 4. The Labute approximate surface area is 158 Å². The second-order valence-electron chi connectivity index (χ2n) is 6.39. The normalized spacial score (nSPS) is 11.4. The molecule has 0 amide bonds. The maximum absolute atomic E-state index is 6.02. The van der Waals surface area contributed by atoms with Crippen molar-refractivity contribution < 1.29 is 4.74 Å². The molecule has 0 aliphatic heterocycles. The summed E-state index contributed by atoms with van der Waals surface area (Å²) in [5.74, 6) is 1.94. The van der Waals surface area contributed by atoms with Crippen molar-refractivity contribution in [2.24, 2.45) is 7.05 Å². The Morgan fingerprint density at radius 3 is 2.81 bits per heavy atom. The van der Waals surface area contributed by atoms with E-state index in [0.29, 0.717) is 0 Å². The van der Waals surface area contributed by atoms with Crippen LogP contribution in [-0.4, -0.2) is 38.6 Å². The number of hydrogen-bond acceptors (Lipinski definition) is 6. The predicted octanol–water partition coefficient (Wildman–Crippen LogP) is 3.42. The van der Waals surface area contributed by atoms with E-state index < -0.39 is 0 Å². The molecule has 6 nitrogen and oxygen atoms in total. The topological polar surface area (TPSA) is 64.9 Å². The minimum absolute atomic E-state index is 0.159. The average molecular weight is 372 g/mol. The van der Waals surface area contributed by atoms with Crippen molar-refractivity contribution >= 4 is 22.5 Å². The summed E-state index contributed by atoms with van der Waals surface area (Å²) in [6.07, 6.45) is 1.20. The van der Waals surface area contributed by atoms with Crippen molar-refractivity contribution in [3.63, 3.8) is 0 Å². The number of aryl methyl sites for hydroxylation is 1. The lowest BCUT2D eigenvalue weighted by Crippen LogP contribution is -2.17. The van der Waals surface area contributed by atoms with E-state index in [2.05, 4.69) is 71.1 Å². The van der Waals surface area contributed by atoms with Gasteiger partial charge in [0, 0.05) is 24.9 Å². The number of nitrogens with one attached hydrogen (secondary N) is 1. The molecule has 26 heavy (non-hydrogen) atoms. The Hall–Kier alpha value is -2.12. The molecule has 3 rings (SSSR count). The van der Waals surface area contributed by atoms with E-state index in [4.69, 9.17) is 4.74 Å². The maximum atomic E-state index is 6.02. The first-order valence-electron chi connectivity index (χ1n) is 8.88. The number of thioether (sulfide) groups is 1. The van der Waals surface area contributed by atoms with E-state index in [-0.39, 0.29) is 6.10 Å². The lowest BCUT2D eigenvalue weighted by atomic mass is 10.0. The molecule has 1 aromatic heterocycles. The summed E-state index contributed by atoms with van der Waals surface area (Å²) in [5, 5.41) is 18.4. The van der Waals surface area contributed by atoms with Crippen LogP contribution in [0.15, 0.2) is 41.6 Å². The van der Waals surface area contributed by atoms with E-state index in [1.54, 1.807) is 16.4 Å². The first kappa shape index (κ1) is 18.7. The van der Waals surface area contributed by atoms with Crippen LogP contribution in [0.2, 0.25) is 0 Å². The highest BCUT2D eigenvalue weighted by molar-refractivity contribution is 7.99. The fraction of sp³-hybridized carbons (Fsp3) is 0.421. The molecule has 0 fully saturated rings. The van der Waals surface area contributed by atoms with Gasteiger partial charge in [-0.05, 0) is 54.1 Å². The van der Waals surface area contributed by atoms with E-state index in [1.165, 1.54) is 16.3 Å². The zero-order valence-electron chi connectivity index (χ0n) is 15.5. The lowest BCUT2D eigenvalue weighted by Gasteiger charge is -2.17. The molecule has 0 aliphatic carbocycles. The summed E-state index contributed by atoms with van der Waals surface area (Å²) in [4.78, 5) is 0. The second kappa shape index (κ2) is 9.00. The molecule has 2 aromatic carbocycles. The number of hydrogen-bond donors (Lipinski definition) is 1. The van der Waals surface area contributed by atoms with Gasteiger partial charge >= 0.3 is 0 Å². The van der Waals surface area contributed by atoms with Crippen molar-refractivity contribution in [3.8, 4) is 5.75 Å². The number of ether oxygens (including phenoxy) is 1. The molecule has 0 spiro atoms. The molecule has 1 N–H and O–H groups in total. The van der Waals surface area contributed by atoms with Crippen LogP contribution in [0.3, 0.4) is 0 Å². The molecule has 3 aromatic rings. The predicted molar refractivity (Wildman–Crippen MR) is 106 cm³/mol. The van der Waals surface area contributed by atoms with E-state index in [0.717, 1.165) is 36.2 Å². The highest BCUT2D eigenvalue weighted by Crippen LogP contribution is 2.28. The summed E-state index contributed by atoms with van der Waals surface area (Å²) >= 11 is 1.68. The largest absolute Gasteiger partial charge is 0.491 e. The van der Waals surface area contributed by atoms with Gasteiger partial charge in [-0.25, -0.2) is 4.68 Å². The molecule has 0 bridgehead atoms. The molecular weight excluding hydrogens is 346 g/mol. The van der Waals surface area contributed by atoms with Gasteiger partial charge in [0.1, 0.15) is 5.75 Å². The molecule has 0 aliphatic rings. The Kier molecular flexibility index (Phi) is 6.46. The second-order valence-corrected chi connectivity index (χ2v) is 7.46. The summed E-state index contributed by atoms with van der Waals surface area (Å²) in [6, 6.07) is 12.7. The van der Waals surface area contributed by atoms with Crippen LogP contribution in [0.25, 0.3) is 10.8 Å². The Morgan fingerprint density at radius 1 is 1.19 bits per heavy atom. The van der Waals surface area contributed by atoms with Crippen LogP contribution in [0.1, 0.15) is 25.8 Å². The van der Waals surface area contributed by atoms with Gasteiger partial charge in [-0.1, -0.05) is 42.1 Å². The highest BCUT2D eigenvalue weighted by atomic mass is 32.2. The summed E-state index contributed by atoms with van der Waals surface area (Å²) in [5.41, 5.74) is 1.22. The van der Waals surface area contributed by atoms with Gasteiger partial charge in [-0.2, -0.15) is 0 Å². The Balaban J connectivity index is 1.57. The minimum atomic E-state index is 0.159. The highest BCUT2D eigenvalue weighted by Gasteiger charge is 2.10. The molecular formula is C19H25N5OS. The van der Waals surface area contributed by atoms with E-state index in [9.17, 15) is 0 Å². The van der Waals surface area contributed by atoms with Crippen molar-refractivity contribution in [1.82, 2.24) is 25.5 Å². The summed E-state index contributed by atoms with van der Waals surface area (Å²) < 4.78 is 7.72. The third kappa shape index (κ3) is 4.74. The third-order valence-electron chi connectivity index (χ3n) is 3.97. The fourth-order valence-corrected chi connectivity index (χ4v) is 3.57. The van der Waals surface area contributed by atoms with Crippen molar-refractivity contribution in [3.05, 3.63) is 42.0 Å². The third-order valence-corrected chi connectivity index (χ3v) is 5.07. The molecule has 0 unspecified atom stereocenters. The van der Waals surface area contributed by atoms with Crippen LogP contribution in [-0.2, 0) is 13.6 Å². The summed E-state index contributed by atoms with van der Waals surface area (Å²) in [7, 11) is 1.86. The van der Waals surface area contributed by atoms with Gasteiger partial charge in [0.15, 0.2) is 0 Å². The zero-order chi connectivity index (χ0) is 18.4. The molecule has 0 radical (unpaired) electrons. The van der Waals surface area contributed by atoms with E-state index in [1.807, 2.05) is 7.05 Å². The average Bonchev–Trinajstić information content (AvgIpc) is 3.03. The van der Waals surface area contributed by atoms with Crippen LogP contribution in [0.4, 0.5) is 0 Å². The molecule has 0 saturated carbocycles. The molecule has 0 saturated heterocycles. The lowest BCUT2D eigenvalue weighted by molar-refractivity contribution is 0.240. The molecule has 1 heterocycles. The van der Waals surface area contributed by atoms with Crippen molar-refractivity contribution in [1.29, 1.82) is 0 Å². The molecule has 7 heteroatoms. The van der Waals surface area contributed by atoms with Gasteiger partial charge in [0.05, 0.1) is 6.10 Å². The summed E-state index contributed by atoms with van der Waals surface area (Å²) in [6.45, 7) is 5.85. The van der Waals surface area contributed by atoms with Crippen LogP contribution in [0, 0.1) is 0 Å². The fourth-order valence-electron chi connectivity index (χ4n) is 2.78. The van der Waals surface area contributed by atoms with Gasteiger partial charge in [0.2, 0.25) is 5.16 Å². The maximum Gasteiger partial charge on any atom is 0.209 e. The van der Waals surface area contributed by atoms with Crippen LogP contribution < -0.4 is 10.1 Å². The minimum Gasteiger partial charge on any atom is -0.491 e. The van der Waals surface area contributed by atoms with Gasteiger partial charge in [0.25, 0.3) is 0 Å². The van der Waals surface area contributed by atoms with Crippen molar-refractivity contribution in [2.45, 2.75) is 38.1 Å². The first-order chi connectivity index (χ1) is 12.6. The monoisotopic (exact) mass is 371 g/mol. The molecule has 138 valence electrons. The smallest absolute Gasteiger partial charge is 0.209 e. The Morgan fingerprint density at radius 2 is 2.04 bits per heavy atom. The number of rotatable bonds is 9. The number of tetrazole rings is 1. The van der Waals surface area contributed by atoms with Crippen molar-refractivity contribution in [2.75, 3.05) is 12.3 Å². The quantitative estimate of drug-likeness (QED) is 0.459. The number of benzene rings is 2. The first-order valence-corrected chi connectivity index (χ1v) is 9.87. The van der Waals surface area contributed by atoms with E-state index >= 15 is 0 Å². The number of aromatic nitrogens is 4. The SMILES string of the molecule is CC(C)Oc1ccc2ccccc2c1CNCCCSc1nnnn1C. The van der Waals surface area contributed by atoms with Gasteiger partial charge in [-0.15, -0.1) is 5.10 Å². The van der Waals surface area contributed by atoms with Gasteiger partial charge in [-0.3, -0.25) is 0 Å². The Bertz CT molecular complexity index is 849.